The predicted octanol–water partition coefficient (Wildman–Crippen LogP) is 2.91. The standard InChI is InChI=1S/C20H39N5.HI/c1-17(15-24-11-6-3-7-12-24)14-22-20(21-2)23-18-10-13-25(16-18)19-8-4-5-9-19;/h17-19H,3-16H2,1-2H3,(H2,21,22,23);1H. The van der Waals surface area contributed by atoms with Crippen LogP contribution in [0.4, 0.5) is 0 Å². The van der Waals surface area contributed by atoms with Crippen LogP contribution >= 0.6 is 24.0 Å². The van der Waals surface area contributed by atoms with E-state index in [0.29, 0.717) is 12.0 Å². The molecule has 0 amide bonds. The summed E-state index contributed by atoms with van der Waals surface area (Å²) < 4.78 is 0. The lowest BCUT2D eigenvalue weighted by molar-refractivity contribution is 0.201. The van der Waals surface area contributed by atoms with Crippen molar-refractivity contribution in [1.82, 2.24) is 20.4 Å². The SMILES string of the molecule is CN=C(NCC(C)CN1CCCCC1)NC1CCN(C2CCCC2)C1.I. The van der Waals surface area contributed by atoms with Crippen LogP contribution < -0.4 is 10.6 Å². The van der Waals surface area contributed by atoms with Crippen molar-refractivity contribution in [2.24, 2.45) is 10.9 Å². The molecule has 1 saturated carbocycles. The van der Waals surface area contributed by atoms with E-state index in [1.165, 1.54) is 84.1 Å². The highest BCUT2D eigenvalue weighted by Crippen LogP contribution is 2.26. The Morgan fingerprint density at radius 2 is 1.77 bits per heavy atom. The second-order valence-corrected chi connectivity index (χ2v) is 8.48. The number of hydrogen-bond acceptors (Lipinski definition) is 3. The maximum atomic E-state index is 4.46. The van der Waals surface area contributed by atoms with E-state index in [4.69, 9.17) is 0 Å². The van der Waals surface area contributed by atoms with Crippen molar-refractivity contribution in [1.29, 1.82) is 0 Å². The van der Waals surface area contributed by atoms with Crippen molar-refractivity contribution in [3.8, 4) is 0 Å². The van der Waals surface area contributed by atoms with Gasteiger partial charge in [-0.2, -0.15) is 0 Å². The summed E-state index contributed by atoms with van der Waals surface area (Å²) in [6.45, 7) is 9.59. The molecule has 3 aliphatic rings. The first-order valence-electron chi connectivity index (χ1n) is 10.7. The minimum absolute atomic E-state index is 0. The monoisotopic (exact) mass is 477 g/mol. The van der Waals surface area contributed by atoms with Gasteiger partial charge in [-0.25, -0.2) is 0 Å². The summed E-state index contributed by atoms with van der Waals surface area (Å²) in [6.07, 6.45) is 11.1. The highest BCUT2D eigenvalue weighted by atomic mass is 127. The summed E-state index contributed by atoms with van der Waals surface area (Å²) in [4.78, 5) is 9.79. The quantitative estimate of drug-likeness (QED) is 0.351. The summed E-state index contributed by atoms with van der Waals surface area (Å²) in [6, 6.07) is 1.41. The van der Waals surface area contributed by atoms with Crippen molar-refractivity contribution in [2.75, 3.05) is 46.3 Å². The van der Waals surface area contributed by atoms with Crippen molar-refractivity contribution < 1.29 is 0 Å². The lowest BCUT2D eigenvalue weighted by atomic mass is 10.1. The van der Waals surface area contributed by atoms with Crippen LogP contribution in [0.2, 0.25) is 0 Å². The van der Waals surface area contributed by atoms with Crippen LogP contribution in [0.25, 0.3) is 0 Å². The summed E-state index contributed by atoms with van der Waals surface area (Å²) in [5.74, 6) is 1.65. The van der Waals surface area contributed by atoms with Crippen molar-refractivity contribution in [2.45, 2.75) is 70.4 Å². The topological polar surface area (TPSA) is 42.9 Å². The van der Waals surface area contributed by atoms with Crippen LogP contribution in [0.15, 0.2) is 4.99 Å². The van der Waals surface area contributed by atoms with Crippen molar-refractivity contribution >= 4 is 29.9 Å². The van der Waals surface area contributed by atoms with Gasteiger partial charge >= 0.3 is 0 Å². The van der Waals surface area contributed by atoms with Gasteiger partial charge in [-0.15, -0.1) is 24.0 Å². The minimum Gasteiger partial charge on any atom is -0.356 e. The molecule has 0 spiro atoms. The molecule has 2 saturated heterocycles. The molecule has 152 valence electrons. The number of aliphatic imine (C=N–C) groups is 1. The van der Waals surface area contributed by atoms with Crippen LogP contribution in [0.1, 0.15) is 58.3 Å². The molecular formula is C20H40IN5. The van der Waals surface area contributed by atoms with E-state index < -0.39 is 0 Å². The molecule has 0 radical (unpaired) electrons. The van der Waals surface area contributed by atoms with E-state index in [0.717, 1.165) is 18.5 Å². The van der Waals surface area contributed by atoms with Gasteiger partial charge in [-0.3, -0.25) is 9.89 Å². The Kier molecular flexibility index (Phi) is 9.99. The van der Waals surface area contributed by atoms with E-state index in [2.05, 4.69) is 32.3 Å². The largest absolute Gasteiger partial charge is 0.356 e. The average molecular weight is 477 g/mol. The number of hydrogen-bond donors (Lipinski definition) is 2. The van der Waals surface area contributed by atoms with E-state index in [-0.39, 0.29) is 24.0 Å². The molecule has 2 atom stereocenters. The second kappa shape index (κ2) is 11.7. The first-order valence-corrected chi connectivity index (χ1v) is 10.7. The molecule has 1 aliphatic carbocycles. The first kappa shape index (κ1) is 22.2. The van der Waals surface area contributed by atoms with Gasteiger partial charge in [0.15, 0.2) is 5.96 Å². The van der Waals surface area contributed by atoms with E-state index >= 15 is 0 Å². The van der Waals surface area contributed by atoms with Gasteiger partial charge in [-0.1, -0.05) is 26.2 Å². The number of nitrogens with zero attached hydrogens (tertiary/aromatic N) is 3. The maximum Gasteiger partial charge on any atom is 0.191 e. The molecule has 5 nitrogen and oxygen atoms in total. The molecule has 2 unspecified atom stereocenters. The van der Waals surface area contributed by atoms with Crippen LogP contribution in [0.5, 0.6) is 0 Å². The molecule has 6 heteroatoms. The second-order valence-electron chi connectivity index (χ2n) is 8.48. The summed E-state index contributed by atoms with van der Waals surface area (Å²) in [5, 5.41) is 7.23. The molecule has 0 aromatic rings. The van der Waals surface area contributed by atoms with E-state index in [9.17, 15) is 0 Å². The van der Waals surface area contributed by atoms with Crippen molar-refractivity contribution in [3.63, 3.8) is 0 Å². The molecule has 3 rings (SSSR count). The average Bonchev–Trinajstić information content (AvgIpc) is 3.31. The normalized spacial score (nSPS) is 27.3. The third kappa shape index (κ3) is 6.82. The Morgan fingerprint density at radius 1 is 1.04 bits per heavy atom. The number of piperidine rings is 1. The Hall–Kier alpha value is -0.0800. The van der Waals surface area contributed by atoms with Crippen LogP contribution in [0, 0.1) is 5.92 Å². The summed E-state index contributed by atoms with van der Waals surface area (Å²) in [7, 11) is 1.90. The fourth-order valence-corrected chi connectivity index (χ4v) is 4.81. The number of halogens is 1. The van der Waals surface area contributed by atoms with Gasteiger partial charge in [0, 0.05) is 45.3 Å². The number of rotatable bonds is 6. The zero-order chi connectivity index (χ0) is 17.5. The third-order valence-corrected chi connectivity index (χ3v) is 6.26. The zero-order valence-electron chi connectivity index (χ0n) is 16.9. The molecule has 2 heterocycles. The Labute approximate surface area is 177 Å². The molecule has 0 aromatic heterocycles. The molecule has 2 aliphatic heterocycles. The predicted molar refractivity (Wildman–Crippen MR) is 122 cm³/mol. The Balaban J connectivity index is 0.00000243. The number of likely N-dealkylation sites (tertiary alicyclic amines) is 2. The smallest absolute Gasteiger partial charge is 0.191 e. The fraction of sp³-hybridized carbons (Fsp3) is 0.950. The van der Waals surface area contributed by atoms with Crippen LogP contribution in [-0.2, 0) is 0 Å². The van der Waals surface area contributed by atoms with Crippen LogP contribution in [-0.4, -0.2) is 74.2 Å². The zero-order valence-corrected chi connectivity index (χ0v) is 19.2. The van der Waals surface area contributed by atoms with E-state index in [1.54, 1.807) is 0 Å². The number of guanidine groups is 1. The van der Waals surface area contributed by atoms with Gasteiger partial charge < -0.3 is 15.5 Å². The Morgan fingerprint density at radius 3 is 2.46 bits per heavy atom. The number of nitrogens with one attached hydrogen (secondary N) is 2. The lowest BCUT2D eigenvalue weighted by Crippen LogP contribution is -2.47. The minimum atomic E-state index is 0. The molecule has 26 heavy (non-hydrogen) atoms. The molecule has 2 N–H and O–H groups in total. The maximum absolute atomic E-state index is 4.46. The van der Waals surface area contributed by atoms with E-state index in [1.807, 2.05) is 7.05 Å². The van der Waals surface area contributed by atoms with Gasteiger partial charge in [0.1, 0.15) is 0 Å². The van der Waals surface area contributed by atoms with Gasteiger partial charge in [0.25, 0.3) is 0 Å². The summed E-state index contributed by atoms with van der Waals surface area (Å²) >= 11 is 0. The van der Waals surface area contributed by atoms with Crippen molar-refractivity contribution in [3.05, 3.63) is 0 Å². The highest BCUT2D eigenvalue weighted by Gasteiger charge is 2.30. The molecule has 0 aromatic carbocycles. The first-order chi connectivity index (χ1) is 12.2. The Bertz CT molecular complexity index is 418. The summed E-state index contributed by atoms with van der Waals surface area (Å²) in [5.41, 5.74) is 0. The van der Waals surface area contributed by atoms with Gasteiger partial charge in [-0.05, 0) is 51.1 Å². The van der Waals surface area contributed by atoms with Gasteiger partial charge in [0.05, 0.1) is 0 Å². The molecule has 0 bridgehead atoms. The molecule has 3 fully saturated rings. The molecular weight excluding hydrogens is 437 g/mol. The van der Waals surface area contributed by atoms with Gasteiger partial charge in [0.2, 0.25) is 0 Å². The third-order valence-electron chi connectivity index (χ3n) is 6.26. The fourth-order valence-electron chi connectivity index (χ4n) is 4.81. The lowest BCUT2D eigenvalue weighted by Gasteiger charge is -2.29. The highest BCUT2D eigenvalue weighted by molar-refractivity contribution is 14.0. The van der Waals surface area contributed by atoms with Crippen LogP contribution in [0.3, 0.4) is 0 Å².